The molecule has 2 amide bonds. The lowest BCUT2D eigenvalue weighted by atomic mass is 10.1. The van der Waals surface area contributed by atoms with Crippen LogP contribution in [0.4, 0.5) is 10.1 Å². The maximum atomic E-state index is 14.0. The maximum Gasteiger partial charge on any atom is 0.258 e. The molecule has 0 aromatic heterocycles. The normalized spacial score (nSPS) is 13.6. The molecule has 0 bridgehead atoms. The van der Waals surface area contributed by atoms with E-state index >= 15 is 0 Å². The van der Waals surface area contributed by atoms with Gasteiger partial charge in [-0.3, -0.25) is 9.59 Å². The molecule has 1 fully saturated rings. The lowest BCUT2D eigenvalue weighted by Gasteiger charge is -2.16. The minimum absolute atomic E-state index is 0.0516. The smallest absolute Gasteiger partial charge is 0.258 e. The van der Waals surface area contributed by atoms with Gasteiger partial charge >= 0.3 is 0 Å². The summed E-state index contributed by atoms with van der Waals surface area (Å²) in [6.07, 6.45) is 2.03. The van der Waals surface area contributed by atoms with Crippen LogP contribution in [0.3, 0.4) is 0 Å². The molecule has 1 saturated heterocycles. The van der Waals surface area contributed by atoms with Gasteiger partial charge in [0.15, 0.2) is 0 Å². The molecule has 0 atom stereocenters. The fraction of sp³-hybridized carbons (Fsp3) is 0.263. The molecule has 2 aromatic carbocycles. The largest absolute Gasteiger partial charge is 0.497 e. The molecule has 0 radical (unpaired) electrons. The summed E-state index contributed by atoms with van der Waals surface area (Å²) in [6.45, 7) is 1.51. The maximum absolute atomic E-state index is 14.0. The van der Waals surface area contributed by atoms with E-state index in [2.05, 4.69) is 5.32 Å². The molecule has 25 heavy (non-hydrogen) atoms. The van der Waals surface area contributed by atoms with Gasteiger partial charge in [0.25, 0.3) is 11.8 Å². The summed E-state index contributed by atoms with van der Waals surface area (Å²) in [5, 5.41) is 2.63. The number of nitrogens with zero attached hydrogens (tertiary/aromatic N) is 1. The predicted molar refractivity (Wildman–Crippen MR) is 92.5 cm³/mol. The number of anilines is 1. The number of rotatable bonds is 4. The average Bonchev–Trinajstić information content (AvgIpc) is 3.15. The van der Waals surface area contributed by atoms with Gasteiger partial charge in [0.1, 0.15) is 11.6 Å². The van der Waals surface area contributed by atoms with E-state index in [1.54, 1.807) is 29.2 Å². The number of carbonyl (C=O) groups excluding carboxylic acids is 2. The standard InChI is InChI=1S/C19H19FN2O3/c1-25-15-7-8-16(17(20)12-15)18(23)21-14-6-4-5-13(11-14)19(24)22-9-2-3-10-22/h4-8,11-12H,2-3,9-10H2,1H3,(H,21,23). The lowest BCUT2D eigenvalue weighted by Crippen LogP contribution is -2.27. The van der Waals surface area contributed by atoms with Gasteiger partial charge in [0.05, 0.1) is 12.7 Å². The Morgan fingerprint density at radius 2 is 1.88 bits per heavy atom. The first-order valence-corrected chi connectivity index (χ1v) is 8.13. The van der Waals surface area contributed by atoms with Crippen molar-refractivity contribution in [1.29, 1.82) is 0 Å². The van der Waals surface area contributed by atoms with Crippen LogP contribution in [0.1, 0.15) is 33.6 Å². The second-order valence-corrected chi connectivity index (χ2v) is 5.88. The van der Waals surface area contributed by atoms with Crippen LogP contribution in [0.5, 0.6) is 5.75 Å². The minimum Gasteiger partial charge on any atom is -0.497 e. The van der Waals surface area contributed by atoms with E-state index in [1.807, 2.05) is 0 Å². The van der Waals surface area contributed by atoms with Gasteiger partial charge in [-0.15, -0.1) is 0 Å². The third-order valence-electron chi connectivity index (χ3n) is 4.18. The van der Waals surface area contributed by atoms with Gasteiger partial charge in [-0.25, -0.2) is 4.39 Å². The second-order valence-electron chi connectivity index (χ2n) is 5.88. The number of hydrogen-bond donors (Lipinski definition) is 1. The molecule has 130 valence electrons. The van der Waals surface area contributed by atoms with Crippen molar-refractivity contribution in [3.8, 4) is 5.75 Å². The van der Waals surface area contributed by atoms with E-state index in [0.29, 0.717) is 17.0 Å². The molecule has 3 rings (SSSR count). The fourth-order valence-electron chi connectivity index (χ4n) is 2.84. The number of ether oxygens (including phenoxy) is 1. The number of benzene rings is 2. The van der Waals surface area contributed by atoms with Crippen LogP contribution in [-0.2, 0) is 0 Å². The van der Waals surface area contributed by atoms with E-state index < -0.39 is 11.7 Å². The Kier molecular flexibility index (Phi) is 4.97. The molecule has 1 heterocycles. The molecule has 1 N–H and O–H groups in total. The minimum atomic E-state index is -0.666. The van der Waals surface area contributed by atoms with Crippen molar-refractivity contribution in [2.45, 2.75) is 12.8 Å². The molecule has 0 unspecified atom stereocenters. The first kappa shape index (κ1) is 17.0. The third-order valence-corrected chi connectivity index (χ3v) is 4.18. The Balaban J connectivity index is 1.75. The van der Waals surface area contributed by atoms with Gasteiger partial charge < -0.3 is 15.0 Å². The zero-order valence-corrected chi connectivity index (χ0v) is 13.9. The summed E-state index contributed by atoms with van der Waals surface area (Å²) in [6, 6.07) is 10.7. The van der Waals surface area contributed by atoms with Crippen molar-refractivity contribution in [2.24, 2.45) is 0 Å². The number of methoxy groups -OCH3 is 1. The third kappa shape index (κ3) is 3.79. The highest BCUT2D eigenvalue weighted by Gasteiger charge is 2.20. The van der Waals surface area contributed by atoms with Crippen LogP contribution >= 0.6 is 0 Å². The van der Waals surface area contributed by atoms with Crippen molar-refractivity contribution in [3.05, 3.63) is 59.4 Å². The molecule has 5 nitrogen and oxygen atoms in total. The van der Waals surface area contributed by atoms with E-state index in [9.17, 15) is 14.0 Å². The van der Waals surface area contributed by atoms with E-state index in [4.69, 9.17) is 4.74 Å². The molecule has 2 aromatic rings. The number of amides is 2. The van der Waals surface area contributed by atoms with Crippen LogP contribution in [0.15, 0.2) is 42.5 Å². The zero-order valence-electron chi connectivity index (χ0n) is 13.9. The van der Waals surface area contributed by atoms with Crippen LogP contribution in [0.25, 0.3) is 0 Å². The molecular weight excluding hydrogens is 323 g/mol. The zero-order chi connectivity index (χ0) is 17.8. The van der Waals surface area contributed by atoms with Crippen molar-refractivity contribution in [1.82, 2.24) is 4.90 Å². The van der Waals surface area contributed by atoms with Crippen LogP contribution < -0.4 is 10.1 Å². The quantitative estimate of drug-likeness (QED) is 0.927. The monoisotopic (exact) mass is 342 g/mol. The molecule has 1 aliphatic heterocycles. The summed E-state index contributed by atoms with van der Waals surface area (Å²) in [5.41, 5.74) is 0.872. The van der Waals surface area contributed by atoms with Crippen LogP contribution in [0.2, 0.25) is 0 Å². The van der Waals surface area contributed by atoms with Gasteiger partial charge in [0.2, 0.25) is 0 Å². The topological polar surface area (TPSA) is 58.6 Å². The van der Waals surface area contributed by atoms with Gasteiger partial charge in [0, 0.05) is 30.4 Å². The molecule has 1 aliphatic rings. The Hall–Kier alpha value is -2.89. The fourth-order valence-corrected chi connectivity index (χ4v) is 2.84. The summed E-state index contributed by atoms with van der Waals surface area (Å²) in [5.74, 6) is -0.955. The molecule has 0 saturated carbocycles. The van der Waals surface area contributed by atoms with E-state index in [0.717, 1.165) is 32.0 Å². The molecule has 0 spiro atoms. The Morgan fingerprint density at radius 3 is 2.56 bits per heavy atom. The van der Waals surface area contributed by atoms with Gasteiger partial charge in [-0.1, -0.05) is 6.07 Å². The second kappa shape index (κ2) is 7.34. The highest BCUT2D eigenvalue weighted by atomic mass is 19.1. The molecule has 0 aliphatic carbocycles. The number of halogens is 1. The van der Waals surface area contributed by atoms with Crippen molar-refractivity contribution in [3.63, 3.8) is 0 Å². The summed E-state index contributed by atoms with van der Waals surface area (Å²) >= 11 is 0. The summed E-state index contributed by atoms with van der Waals surface area (Å²) < 4.78 is 18.9. The summed E-state index contributed by atoms with van der Waals surface area (Å²) in [7, 11) is 1.43. The van der Waals surface area contributed by atoms with E-state index in [-0.39, 0.29) is 11.5 Å². The average molecular weight is 342 g/mol. The van der Waals surface area contributed by atoms with Crippen LogP contribution in [0, 0.1) is 5.82 Å². The van der Waals surface area contributed by atoms with Crippen LogP contribution in [-0.4, -0.2) is 36.9 Å². The molecule has 6 heteroatoms. The number of nitrogens with one attached hydrogen (secondary N) is 1. The van der Waals surface area contributed by atoms with Gasteiger partial charge in [-0.2, -0.15) is 0 Å². The highest BCUT2D eigenvalue weighted by Crippen LogP contribution is 2.19. The predicted octanol–water partition coefficient (Wildman–Crippen LogP) is 3.32. The van der Waals surface area contributed by atoms with Crippen molar-refractivity contribution >= 4 is 17.5 Å². The Labute approximate surface area is 145 Å². The SMILES string of the molecule is COc1ccc(C(=O)Nc2cccc(C(=O)N3CCCC3)c2)c(F)c1. The number of hydrogen-bond acceptors (Lipinski definition) is 3. The first-order valence-electron chi connectivity index (χ1n) is 8.13. The number of carbonyl (C=O) groups is 2. The van der Waals surface area contributed by atoms with E-state index in [1.165, 1.54) is 19.2 Å². The Bertz CT molecular complexity index is 801. The highest BCUT2D eigenvalue weighted by molar-refractivity contribution is 6.05. The Morgan fingerprint density at radius 1 is 1.12 bits per heavy atom. The van der Waals surface area contributed by atoms with Crippen molar-refractivity contribution in [2.75, 3.05) is 25.5 Å². The summed E-state index contributed by atoms with van der Waals surface area (Å²) in [4.78, 5) is 26.5. The lowest BCUT2D eigenvalue weighted by molar-refractivity contribution is 0.0792. The van der Waals surface area contributed by atoms with Gasteiger partial charge in [-0.05, 0) is 43.2 Å². The number of likely N-dealkylation sites (tertiary alicyclic amines) is 1. The van der Waals surface area contributed by atoms with Crippen molar-refractivity contribution < 1.29 is 18.7 Å². The first-order chi connectivity index (χ1) is 12.1. The molecular formula is C19H19FN2O3.